The van der Waals surface area contributed by atoms with Gasteiger partial charge in [0.25, 0.3) is 5.91 Å². The third kappa shape index (κ3) is 4.08. The molecule has 0 aromatic heterocycles. The number of fused-ring (bicyclic) bond motifs is 1. The molecule has 0 fully saturated rings. The summed E-state index contributed by atoms with van der Waals surface area (Å²) in [4.78, 5) is 12.9. The minimum atomic E-state index is -0.646. The normalized spacial score (nSPS) is 16.6. The molecule has 0 saturated carbocycles. The maximum Gasteiger partial charge on any atom is 0.267 e. The van der Waals surface area contributed by atoms with Crippen LogP contribution in [-0.2, 0) is 15.6 Å². The highest BCUT2D eigenvalue weighted by molar-refractivity contribution is 5.96. The van der Waals surface area contributed by atoms with E-state index in [2.05, 4.69) is 52.2 Å². The van der Waals surface area contributed by atoms with Gasteiger partial charge in [0.05, 0.1) is 12.2 Å². The lowest BCUT2D eigenvalue weighted by molar-refractivity contribution is -0.122. The molecule has 28 heavy (non-hydrogen) atoms. The highest BCUT2D eigenvalue weighted by Gasteiger charge is 2.29. The first kappa shape index (κ1) is 20.1. The molecule has 1 unspecified atom stereocenters. The zero-order valence-corrected chi connectivity index (χ0v) is 17.5. The van der Waals surface area contributed by atoms with Crippen molar-refractivity contribution in [2.24, 2.45) is 0 Å². The molecule has 0 aliphatic carbocycles. The molecule has 1 amide bonds. The van der Waals surface area contributed by atoms with E-state index in [1.807, 2.05) is 30.3 Å². The summed E-state index contributed by atoms with van der Waals surface area (Å²) in [5.41, 5.74) is 2.94. The summed E-state index contributed by atoms with van der Waals surface area (Å²) in [6, 6.07) is 11.2. The second-order valence-corrected chi connectivity index (χ2v) is 9.39. The van der Waals surface area contributed by atoms with Gasteiger partial charge < -0.3 is 20.5 Å². The summed E-state index contributed by atoms with van der Waals surface area (Å²) in [7, 11) is 0. The smallest absolute Gasteiger partial charge is 0.267 e. The standard InChI is InChI=1S/C23H30N2O3/c1-22(2,3)14-11-15(23(4,5)6)18(26)12-17(14)25-21(27)20-13-24-16-9-7-8-10-19(16)28-20/h7-12,20,24,26H,13H2,1-6H3,(H,25,27). The van der Waals surface area contributed by atoms with Crippen LogP contribution >= 0.6 is 0 Å². The fourth-order valence-electron chi connectivity index (χ4n) is 3.39. The number of amides is 1. The topological polar surface area (TPSA) is 70.6 Å². The number of carbonyl (C=O) groups is 1. The van der Waals surface area contributed by atoms with E-state index in [9.17, 15) is 9.90 Å². The first-order valence-electron chi connectivity index (χ1n) is 9.65. The Morgan fingerprint density at radius 1 is 1.07 bits per heavy atom. The predicted molar refractivity (Wildman–Crippen MR) is 113 cm³/mol. The number of rotatable bonds is 2. The maximum atomic E-state index is 12.9. The van der Waals surface area contributed by atoms with Crippen molar-refractivity contribution < 1.29 is 14.6 Å². The highest BCUT2D eigenvalue weighted by atomic mass is 16.5. The number of benzene rings is 2. The Morgan fingerprint density at radius 3 is 2.36 bits per heavy atom. The van der Waals surface area contributed by atoms with Gasteiger partial charge in [-0.15, -0.1) is 0 Å². The molecule has 0 radical (unpaired) electrons. The molecule has 2 aromatic carbocycles. The molecule has 1 aliphatic rings. The average Bonchev–Trinajstić information content (AvgIpc) is 2.59. The Morgan fingerprint density at radius 2 is 1.71 bits per heavy atom. The molecular formula is C23H30N2O3. The van der Waals surface area contributed by atoms with E-state index in [1.54, 1.807) is 6.07 Å². The summed E-state index contributed by atoms with van der Waals surface area (Å²) >= 11 is 0. The molecule has 0 spiro atoms. The van der Waals surface area contributed by atoms with Crippen molar-refractivity contribution in [2.75, 3.05) is 17.2 Å². The van der Waals surface area contributed by atoms with Gasteiger partial charge in [0.2, 0.25) is 0 Å². The summed E-state index contributed by atoms with van der Waals surface area (Å²) in [5.74, 6) is 0.607. The van der Waals surface area contributed by atoms with Crippen LogP contribution in [0.1, 0.15) is 52.7 Å². The minimum absolute atomic E-state index is 0.184. The Labute approximate surface area is 167 Å². The lowest BCUT2D eigenvalue weighted by atomic mass is 9.79. The number of hydrogen-bond donors (Lipinski definition) is 3. The highest BCUT2D eigenvalue weighted by Crippen LogP contribution is 2.39. The molecular weight excluding hydrogens is 352 g/mol. The first-order chi connectivity index (χ1) is 13.0. The van der Waals surface area contributed by atoms with Gasteiger partial charge in [-0.2, -0.15) is 0 Å². The number of anilines is 2. The molecule has 3 rings (SSSR count). The van der Waals surface area contributed by atoms with Crippen LogP contribution in [-0.4, -0.2) is 23.7 Å². The number of phenolic OH excluding ortho intramolecular Hbond substituents is 1. The summed E-state index contributed by atoms with van der Waals surface area (Å²) in [6.45, 7) is 12.9. The fourth-order valence-corrected chi connectivity index (χ4v) is 3.39. The summed E-state index contributed by atoms with van der Waals surface area (Å²) in [5, 5.41) is 16.8. The SMILES string of the molecule is CC(C)(C)c1cc(C(C)(C)C)c(NC(=O)C2CNc3ccccc3O2)cc1O. The molecule has 1 aliphatic heterocycles. The van der Waals surface area contributed by atoms with Crippen LogP contribution in [0.5, 0.6) is 11.5 Å². The van der Waals surface area contributed by atoms with E-state index in [0.717, 1.165) is 16.8 Å². The molecule has 5 nitrogen and oxygen atoms in total. The summed E-state index contributed by atoms with van der Waals surface area (Å²) in [6.07, 6.45) is -0.646. The minimum Gasteiger partial charge on any atom is -0.508 e. The van der Waals surface area contributed by atoms with Crippen LogP contribution in [0.15, 0.2) is 36.4 Å². The van der Waals surface area contributed by atoms with Crippen LogP contribution in [0.4, 0.5) is 11.4 Å². The van der Waals surface area contributed by atoms with Crippen molar-refractivity contribution in [3.05, 3.63) is 47.5 Å². The number of ether oxygens (including phenoxy) is 1. The molecule has 1 atom stereocenters. The Bertz CT molecular complexity index is 892. The molecule has 3 N–H and O–H groups in total. The Balaban J connectivity index is 1.89. The van der Waals surface area contributed by atoms with Crippen LogP contribution < -0.4 is 15.4 Å². The van der Waals surface area contributed by atoms with Crippen LogP contribution in [0.2, 0.25) is 0 Å². The van der Waals surface area contributed by atoms with E-state index in [4.69, 9.17) is 4.74 Å². The summed E-state index contributed by atoms with van der Waals surface area (Å²) < 4.78 is 5.86. The number of phenols is 1. The van der Waals surface area contributed by atoms with E-state index < -0.39 is 6.10 Å². The quantitative estimate of drug-likeness (QED) is 0.698. The van der Waals surface area contributed by atoms with Crippen molar-refractivity contribution in [1.82, 2.24) is 0 Å². The second-order valence-electron chi connectivity index (χ2n) is 9.39. The Kier molecular flexibility index (Phi) is 5.04. The molecule has 5 heteroatoms. The van der Waals surface area contributed by atoms with Crippen molar-refractivity contribution in [1.29, 1.82) is 0 Å². The van der Waals surface area contributed by atoms with Crippen LogP contribution in [0.25, 0.3) is 0 Å². The maximum absolute atomic E-state index is 12.9. The third-order valence-corrected chi connectivity index (χ3v) is 4.94. The molecule has 0 saturated heterocycles. The lowest BCUT2D eigenvalue weighted by Crippen LogP contribution is -2.41. The number of para-hydroxylation sites is 2. The zero-order valence-electron chi connectivity index (χ0n) is 17.5. The van der Waals surface area contributed by atoms with Gasteiger partial charge in [-0.05, 0) is 40.2 Å². The second kappa shape index (κ2) is 7.04. The number of hydrogen-bond acceptors (Lipinski definition) is 4. The van der Waals surface area contributed by atoms with Crippen molar-refractivity contribution in [3.63, 3.8) is 0 Å². The zero-order chi connectivity index (χ0) is 20.7. The van der Waals surface area contributed by atoms with E-state index in [-0.39, 0.29) is 22.5 Å². The van der Waals surface area contributed by atoms with Crippen LogP contribution in [0, 0.1) is 0 Å². The van der Waals surface area contributed by atoms with Crippen molar-refractivity contribution >= 4 is 17.3 Å². The van der Waals surface area contributed by atoms with Gasteiger partial charge in [0.1, 0.15) is 11.5 Å². The monoisotopic (exact) mass is 382 g/mol. The number of aromatic hydroxyl groups is 1. The van der Waals surface area contributed by atoms with E-state index in [0.29, 0.717) is 18.0 Å². The molecule has 1 heterocycles. The average molecular weight is 383 g/mol. The molecule has 0 bridgehead atoms. The van der Waals surface area contributed by atoms with Gasteiger partial charge in [0.15, 0.2) is 6.10 Å². The fraction of sp³-hybridized carbons (Fsp3) is 0.435. The first-order valence-corrected chi connectivity index (χ1v) is 9.65. The van der Waals surface area contributed by atoms with Gasteiger partial charge >= 0.3 is 0 Å². The van der Waals surface area contributed by atoms with Crippen LogP contribution in [0.3, 0.4) is 0 Å². The molecule has 2 aromatic rings. The van der Waals surface area contributed by atoms with Gasteiger partial charge in [-0.3, -0.25) is 4.79 Å². The lowest BCUT2D eigenvalue weighted by Gasteiger charge is -2.30. The predicted octanol–water partition coefficient (Wildman–Crippen LogP) is 4.80. The van der Waals surface area contributed by atoms with Crippen molar-refractivity contribution in [3.8, 4) is 11.5 Å². The Hall–Kier alpha value is -2.69. The number of nitrogens with one attached hydrogen (secondary N) is 2. The van der Waals surface area contributed by atoms with Crippen molar-refractivity contribution in [2.45, 2.75) is 58.5 Å². The third-order valence-electron chi connectivity index (χ3n) is 4.94. The largest absolute Gasteiger partial charge is 0.508 e. The van der Waals surface area contributed by atoms with Gasteiger partial charge in [-0.25, -0.2) is 0 Å². The van der Waals surface area contributed by atoms with Gasteiger partial charge in [0, 0.05) is 11.8 Å². The van der Waals surface area contributed by atoms with E-state index in [1.165, 1.54) is 0 Å². The number of carbonyl (C=O) groups excluding carboxylic acids is 1. The molecule has 150 valence electrons. The van der Waals surface area contributed by atoms with E-state index >= 15 is 0 Å². The van der Waals surface area contributed by atoms with Gasteiger partial charge in [-0.1, -0.05) is 53.7 Å².